The molecule has 2 saturated heterocycles. The van der Waals surface area contributed by atoms with E-state index in [2.05, 4.69) is 15.7 Å². The third-order valence-electron chi connectivity index (χ3n) is 3.16. The second-order valence-corrected chi connectivity index (χ2v) is 5.94. The smallest absolute Gasteiger partial charge is 0.293 e. The molecule has 0 radical (unpaired) electrons. The van der Waals surface area contributed by atoms with Crippen LogP contribution < -0.4 is 5.73 Å². The van der Waals surface area contributed by atoms with Crippen LogP contribution in [0.15, 0.2) is 24.3 Å². The van der Waals surface area contributed by atoms with Crippen LogP contribution >= 0.6 is 0 Å². The Morgan fingerprint density at radius 1 is 1.45 bits per heavy atom. The van der Waals surface area contributed by atoms with Crippen molar-refractivity contribution in [3.05, 3.63) is 29.8 Å². The number of fused-ring (bicyclic) bond motifs is 1. The maximum absolute atomic E-state index is 9.60. The lowest BCUT2D eigenvalue weighted by Crippen LogP contribution is -2.17. The molecular weight excluding hydrogens is 256 g/mol. The monoisotopic (exact) mass is 278 g/mol. The molecule has 2 aliphatic rings. The lowest BCUT2D eigenvalue weighted by atomic mass is 10.1. The normalized spacial score (nSPS) is 27.1. The van der Waals surface area contributed by atoms with Gasteiger partial charge in [-0.25, -0.2) is 0 Å². The Bertz CT molecular complexity index is 460. The molecule has 1 aromatic carbocycles. The number of carbonyl (C=O) groups is 1. The lowest BCUT2D eigenvalue weighted by Gasteiger charge is -2.14. The van der Waals surface area contributed by atoms with E-state index in [1.807, 2.05) is 39.0 Å². The van der Waals surface area contributed by atoms with Crippen LogP contribution in [0.2, 0.25) is 0 Å². The van der Waals surface area contributed by atoms with Gasteiger partial charge in [0, 0.05) is 12.2 Å². The molecule has 5 heteroatoms. The van der Waals surface area contributed by atoms with Crippen LogP contribution in [0, 0.1) is 0 Å². The van der Waals surface area contributed by atoms with Gasteiger partial charge in [0.25, 0.3) is 6.47 Å². The number of ether oxygens (including phenoxy) is 2. The molecule has 0 spiro atoms. The van der Waals surface area contributed by atoms with Crippen molar-refractivity contribution < 1.29 is 14.3 Å². The fourth-order valence-electron chi connectivity index (χ4n) is 2.23. The fourth-order valence-corrected chi connectivity index (χ4v) is 2.23. The van der Waals surface area contributed by atoms with E-state index in [0.717, 1.165) is 18.8 Å². The van der Waals surface area contributed by atoms with Crippen LogP contribution in [0.1, 0.15) is 32.4 Å². The molecule has 0 aromatic heterocycles. The summed E-state index contributed by atoms with van der Waals surface area (Å²) in [5, 5.41) is 0. The molecule has 0 saturated carbocycles. The van der Waals surface area contributed by atoms with Gasteiger partial charge >= 0.3 is 0 Å². The average molecular weight is 278 g/mol. The van der Waals surface area contributed by atoms with E-state index >= 15 is 0 Å². The molecule has 1 aromatic rings. The Hall–Kier alpha value is -1.59. The topological polar surface area (TPSA) is 64.6 Å². The second kappa shape index (κ2) is 5.81. The Morgan fingerprint density at radius 2 is 2.20 bits per heavy atom. The van der Waals surface area contributed by atoms with Gasteiger partial charge in [-0.05, 0) is 38.5 Å². The third kappa shape index (κ3) is 3.71. The van der Waals surface area contributed by atoms with Gasteiger partial charge in [-0.3, -0.25) is 9.69 Å². The van der Waals surface area contributed by atoms with Crippen LogP contribution in [-0.2, 0) is 14.3 Å². The van der Waals surface area contributed by atoms with Gasteiger partial charge in [0.2, 0.25) is 0 Å². The Labute approximate surface area is 119 Å². The molecule has 3 rings (SSSR count). The first-order valence-electron chi connectivity index (χ1n) is 6.76. The number of carbonyl (C=O) groups excluding carboxylic acids is 1. The van der Waals surface area contributed by atoms with Crippen molar-refractivity contribution in [1.29, 1.82) is 0 Å². The molecule has 2 N–H and O–H groups in total. The van der Waals surface area contributed by atoms with Crippen molar-refractivity contribution in [2.45, 2.75) is 38.6 Å². The Morgan fingerprint density at radius 3 is 2.65 bits per heavy atom. The summed E-state index contributed by atoms with van der Waals surface area (Å²) in [4.78, 5) is 11.9. The van der Waals surface area contributed by atoms with Crippen molar-refractivity contribution in [2.24, 2.45) is 0 Å². The maximum atomic E-state index is 9.60. The fraction of sp³-hybridized carbons (Fsp3) is 0.533. The second-order valence-electron chi connectivity index (χ2n) is 5.94. The number of hydrogen-bond acceptors (Lipinski definition) is 5. The van der Waals surface area contributed by atoms with Gasteiger partial charge in [-0.1, -0.05) is 12.1 Å². The molecule has 0 bridgehead atoms. The van der Waals surface area contributed by atoms with Crippen LogP contribution in [0.25, 0.3) is 0 Å². The summed E-state index contributed by atoms with van der Waals surface area (Å²) in [5.74, 6) is 0. The predicted octanol–water partition coefficient (Wildman–Crippen LogP) is 1.94. The van der Waals surface area contributed by atoms with Gasteiger partial charge in [0.05, 0.1) is 12.6 Å². The van der Waals surface area contributed by atoms with E-state index in [4.69, 9.17) is 10.5 Å². The molecule has 3 atom stereocenters. The zero-order valence-corrected chi connectivity index (χ0v) is 12.2. The van der Waals surface area contributed by atoms with Crippen molar-refractivity contribution in [2.75, 3.05) is 18.9 Å². The van der Waals surface area contributed by atoms with Crippen LogP contribution in [0.3, 0.4) is 0 Å². The molecule has 2 aliphatic heterocycles. The molecule has 110 valence electrons. The molecular formula is C15H22N2O3. The number of nitrogens with two attached hydrogens (primary N) is 1. The van der Waals surface area contributed by atoms with Gasteiger partial charge in [-0.15, -0.1) is 0 Å². The van der Waals surface area contributed by atoms with Gasteiger partial charge in [0.1, 0.15) is 11.8 Å². The van der Waals surface area contributed by atoms with E-state index in [1.165, 1.54) is 5.56 Å². The van der Waals surface area contributed by atoms with Crippen LogP contribution in [-0.4, -0.2) is 36.4 Å². The summed E-state index contributed by atoms with van der Waals surface area (Å²) >= 11 is 0. The number of morpholine rings is 1. The van der Waals surface area contributed by atoms with E-state index in [9.17, 15) is 4.79 Å². The first kappa shape index (κ1) is 14.8. The molecule has 3 unspecified atom stereocenters. The summed E-state index contributed by atoms with van der Waals surface area (Å²) < 4.78 is 10.1. The number of rotatable bonds is 2. The number of hydrogen-bond donors (Lipinski definition) is 1. The Kier molecular flexibility index (Phi) is 4.30. The minimum absolute atomic E-state index is 0.318. The quantitative estimate of drug-likeness (QED) is 0.509. The summed E-state index contributed by atoms with van der Waals surface area (Å²) in [7, 11) is 0. The van der Waals surface area contributed by atoms with Crippen LogP contribution in [0.5, 0.6) is 0 Å². The highest BCUT2D eigenvalue weighted by Crippen LogP contribution is 2.46. The van der Waals surface area contributed by atoms with E-state index in [-0.39, 0.29) is 5.60 Å². The summed E-state index contributed by atoms with van der Waals surface area (Å²) in [6.07, 6.45) is 0.335. The molecule has 20 heavy (non-hydrogen) atoms. The third-order valence-corrected chi connectivity index (χ3v) is 3.16. The first-order chi connectivity index (χ1) is 9.42. The minimum atomic E-state index is -0.318. The number of benzene rings is 1. The molecule has 0 aliphatic carbocycles. The largest absolute Gasteiger partial charge is 0.462 e. The highest BCUT2D eigenvalue weighted by molar-refractivity contribution is 5.43. The van der Waals surface area contributed by atoms with Crippen molar-refractivity contribution in [3.63, 3.8) is 0 Å². The van der Waals surface area contributed by atoms with Crippen LogP contribution in [0.4, 0.5) is 5.69 Å². The van der Waals surface area contributed by atoms with E-state index in [1.54, 1.807) is 0 Å². The number of nitrogen functional groups attached to an aromatic ring is 1. The lowest BCUT2D eigenvalue weighted by molar-refractivity contribution is -0.138. The van der Waals surface area contributed by atoms with Crippen molar-refractivity contribution >= 4 is 12.2 Å². The van der Waals surface area contributed by atoms with Gasteiger partial charge in [-0.2, -0.15) is 0 Å². The maximum Gasteiger partial charge on any atom is 0.293 e. The average Bonchev–Trinajstić information content (AvgIpc) is 2.82. The number of anilines is 1. The number of nitrogens with zero attached hydrogens (tertiary/aromatic N) is 1. The predicted molar refractivity (Wildman–Crippen MR) is 76.9 cm³/mol. The highest BCUT2D eigenvalue weighted by Gasteiger charge is 2.52. The minimum Gasteiger partial charge on any atom is -0.462 e. The summed E-state index contributed by atoms with van der Waals surface area (Å²) in [6.45, 7) is 7.86. The first-order valence-corrected chi connectivity index (χ1v) is 6.76. The molecule has 5 nitrogen and oxygen atoms in total. The van der Waals surface area contributed by atoms with Crippen molar-refractivity contribution in [3.8, 4) is 0 Å². The van der Waals surface area contributed by atoms with Crippen molar-refractivity contribution in [1.82, 2.24) is 4.90 Å². The van der Waals surface area contributed by atoms with Gasteiger partial charge < -0.3 is 15.2 Å². The molecule has 2 heterocycles. The zero-order chi connectivity index (χ0) is 14.8. The Balaban J connectivity index is 0.000000182. The highest BCUT2D eigenvalue weighted by atomic mass is 16.5. The standard InChI is InChI=1S/C10H12N2O.C5H10O2/c11-8-3-1-2-7(6-8)9-10-12(9)4-5-13-10;1-5(2,3)7-4-6/h1-3,6,9-10H,4-5,11H2;4H,1-3H3. The molecule has 2 fully saturated rings. The molecule has 0 amide bonds. The SMILES string of the molecule is CC(C)(C)OC=O.Nc1cccc(C2C3OCCN32)c1. The summed E-state index contributed by atoms with van der Waals surface area (Å²) in [6, 6.07) is 8.53. The zero-order valence-electron chi connectivity index (χ0n) is 12.2. The van der Waals surface area contributed by atoms with E-state index in [0.29, 0.717) is 18.7 Å². The van der Waals surface area contributed by atoms with E-state index < -0.39 is 0 Å². The summed E-state index contributed by atoms with van der Waals surface area (Å²) in [5.41, 5.74) is 7.52. The van der Waals surface area contributed by atoms with Gasteiger partial charge in [0.15, 0.2) is 0 Å².